The molecule has 0 aromatic heterocycles. The van der Waals surface area contributed by atoms with Crippen LogP contribution in [0.5, 0.6) is 5.75 Å². The van der Waals surface area contributed by atoms with E-state index in [2.05, 4.69) is 34.1 Å². The number of rotatable bonds is 3. The molecule has 1 aliphatic rings. The van der Waals surface area contributed by atoms with E-state index in [0.717, 1.165) is 11.1 Å². The second-order valence-electron chi connectivity index (χ2n) is 4.71. The third-order valence-corrected chi connectivity index (χ3v) is 4.82. The molecule has 2 rings (SSSR count). The summed E-state index contributed by atoms with van der Waals surface area (Å²) < 4.78 is 5.32. The zero-order valence-corrected chi connectivity index (χ0v) is 11.4. The average Bonchev–Trinajstić information content (AvgIpc) is 2.39. The molecule has 0 bridgehead atoms. The fourth-order valence-electron chi connectivity index (χ4n) is 2.68. The Morgan fingerprint density at radius 3 is 2.62 bits per heavy atom. The maximum absolute atomic E-state index is 5.32. The maximum atomic E-state index is 5.32. The van der Waals surface area contributed by atoms with Gasteiger partial charge in [0, 0.05) is 10.7 Å². The summed E-state index contributed by atoms with van der Waals surface area (Å²) in [5.41, 5.74) is 1.77. The van der Waals surface area contributed by atoms with Crippen LogP contribution in [0.25, 0.3) is 0 Å². The van der Waals surface area contributed by atoms with Crippen molar-refractivity contribution in [2.24, 2.45) is 0 Å². The lowest BCUT2D eigenvalue weighted by Gasteiger charge is -2.36. The standard InChI is InChI=1S/C14H19BrO/c1-16-13-7-5-6-12(10-13)14(11-15)8-3-2-4-9-14/h5-7,10H,2-4,8-9,11H2,1H3. The van der Waals surface area contributed by atoms with Crippen molar-refractivity contribution in [2.45, 2.75) is 37.5 Å². The van der Waals surface area contributed by atoms with Crippen LogP contribution in [0.4, 0.5) is 0 Å². The Labute approximate surface area is 106 Å². The smallest absolute Gasteiger partial charge is 0.119 e. The van der Waals surface area contributed by atoms with E-state index in [1.807, 2.05) is 6.07 Å². The summed E-state index contributed by atoms with van der Waals surface area (Å²) in [4.78, 5) is 0. The Morgan fingerprint density at radius 2 is 2.00 bits per heavy atom. The van der Waals surface area contributed by atoms with Gasteiger partial charge in [-0.15, -0.1) is 0 Å². The van der Waals surface area contributed by atoms with E-state index in [4.69, 9.17) is 4.74 Å². The van der Waals surface area contributed by atoms with Gasteiger partial charge in [-0.1, -0.05) is 47.3 Å². The first-order chi connectivity index (χ1) is 7.80. The third kappa shape index (κ3) is 2.27. The molecule has 0 unspecified atom stereocenters. The van der Waals surface area contributed by atoms with Crippen LogP contribution in [0, 0.1) is 0 Å². The minimum atomic E-state index is 0.340. The Hall–Kier alpha value is -0.500. The molecule has 1 aromatic rings. The van der Waals surface area contributed by atoms with Crippen LogP contribution in [0.15, 0.2) is 24.3 Å². The Morgan fingerprint density at radius 1 is 1.25 bits per heavy atom. The lowest BCUT2D eigenvalue weighted by atomic mass is 9.71. The summed E-state index contributed by atoms with van der Waals surface area (Å²) in [5, 5.41) is 1.06. The highest BCUT2D eigenvalue weighted by Gasteiger charge is 2.32. The molecule has 1 saturated carbocycles. The summed E-state index contributed by atoms with van der Waals surface area (Å²) >= 11 is 3.71. The number of halogens is 1. The number of alkyl halides is 1. The van der Waals surface area contributed by atoms with Gasteiger partial charge in [-0.05, 0) is 30.5 Å². The number of ether oxygens (including phenoxy) is 1. The van der Waals surface area contributed by atoms with Gasteiger partial charge in [0.15, 0.2) is 0 Å². The molecule has 0 amide bonds. The van der Waals surface area contributed by atoms with Gasteiger partial charge in [-0.25, -0.2) is 0 Å². The van der Waals surface area contributed by atoms with Crippen LogP contribution in [0.1, 0.15) is 37.7 Å². The molecule has 1 fully saturated rings. The summed E-state index contributed by atoms with van der Waals surface area (Å²) in [6, 6.07) is 8.57. The molecule has 0 aliphatic heterocycles. The number of hydrogen-bond donors (Lipinski definition) is 0. The molecule has 0 spiro atoms. The van der Waals surface area contributed by atoms with E-state index < -0.39 is 0 Å². The molecule has 2 heteroatoms. The highest BCUT2D eigenvalue weighted by Crippen LogP contribution is 2.41. The van der Waals surface area contributed by atoms with Crippen molar-refractivity contribution < 1.29 is 4.74 Å². The molecule has 0 radical (unpaired) electrons. The van der Waals surface area contributed by atoms with E-state index >= 15 is 0 Å². The predicted molar refractivity (Wildman–Crippen MR) is 71.6 cm³/mol. The Kier molecular flexibility index (Phi) is 3.91. The molecule has 1 aliphatic carbocycles. The summed E-state index contributed by atoms with van der Waals surface area (Å²) in [6.45, 7) is 0. The second kappa shape index (κ2) is 5.22. The van der Waals surface area contributed by atoms with E-state index in [1.54, 1.807) is 7.11 Å². The maximum Gasteiger partial charge on any atom is 0.119 e. The van der Waals surface area contributed by atoms with Gasteiger partial charge < -0.3 is 4.74 Å². The van der Waals surface area contributed by atoms with Crippen molar-refractivity contribution in [3.05, 3.63) is 29.8 Å². The lowest BCUT2D eigenvalue weighted by Crippen LogP contribution is -2.30. The van der Waals surface area contributed by atoms with E-state index in [1.165, 1.54) is 37.7 Å². The van der Waals surface area contributed by atoms with Crippen LogP contribution in [0.3, 0.4) is 0 Å². The average molecular weight is 283 g/mol. The normalized spacial score (nSPS) is 19.4. The van der Waals surface area contributed by atoms with Gasteiger partial charge in [0.05, 0.1) is 7.11 Å². The van der Waals surface area contributed by atoms with E-state index in [9.17, 15) is 0 Å². The third-order valence-electron chi connectivity index (χ3n) is 3.75. The van der Waals surface area contributed by atoms with Crippen LogP contribution in [-0.4, -0.2) is 12.4 Å². The summed E-state index contributed by atoms with van der Waals surface area (Å²) in [5.74, 6) is 0.975. The molecule has 88 valence electrons. The van der Waals surface area contributed by atoms with E-state index in [-0.39, 0.29) is 0 Å². The van der Waals surface area contributed by atoms with Crippen molar-refractivity contribution in [3.63, 3.8) is 0 Å². The van der Waals surface area contributed by atoms with Crippen LogP contribution in [0.2, 0.25) is 0 Å². The minimum absolute atomic E-state index is 0.340. The molecule has 0 N–H and O–H groups in total. The zero-order chi connectivity index (χ0) is 11.4. The molecular weight excluding hydrogens is 264 g/mol. The van der Waals surface area contributed by atoms with Gasteiger partial charge in [-0.2, -0.15) is 0 Å². The van der Waals surface area contributed by atoms with Crippen molar-refractivity contribution in [3.8, 4) is 5.75 Å². The molecule has 0 saturated heterocycles. The van der Waals surface area contributed by atoms with Gasteiger partial charge in [0.25, 0.3) is 0 Å². The highest BCUT2D eigenvalue weighted by molar-refractivity contribution is 9.09. The summed E-state index contributed by atoms with van der Waals surface area (Å²) in [6.07, 6.45) is 6.68. The zero-order valence-electron chi connectivity index (χ0n) is 9.84. The highest BCUT2D eigenvalue weighted by atomic mass is 79.9. The fraction of sp³-hybridized carbons (Fsp3) is 0.571. The van der Waals surface area contributed by atoms with Gasteiger partial charge in [0.1, 0.15) is 5.75 Å². The minimum Gasteiger partial charge on any atom is -0.497 e. The van der Waals surface area contributed by atoms with Crippen molar-refractivity contribution in [1.29, 1.82) is 0 Å². The first-order valence-corrected chi connectivity index (χ1v) is 7.13. The molecule has 1 nitrogen and oxygen atoms in total. The molecular formula is C14H19BrO. The van der Waals surface area contributed by atoms with Crippen molar-refractivity contribution in [2.75, 3.05) is 12.4 Å². The van der Waals surface area contributed by atoms with Crippen molar-refractivity contribution >= 4 is 15.9 Å². The van der Waals surface area contributed by atoms with Crippen LogP contribution in [-0.2, 0) is 5.41 Å². The second-order valence-corrected chi connectivity index (χ2v) is 5.27. The monoisotopic (exact) mass is 282 g/mol. The lowest BCUT2D eigenvalue weighted by molar-refractivity contribution is 0.325. The van der Waals surface area contributed by atoms with Crippen LogP contribution >= 0.6 is 15.9 Å². The largest absolute Gasteiger partial charge is 0.497 e. The van der Waals surface area contributed by atoms with Crippen molar-refractivity contribution in [1.82, 2.24) is 0 Å². The number of benzene rings is 1. The first-order valence-electron chi connectivity index (χ1n) is 6.01. The number of hydrogen-bond acceptors (Lipinski definition) is 1. The predicted octanol–water partition coefficient (Wildman–Crippen LogP) is 4.29. The number of methoxy groups -OCH3 is 1. The van der Waals surface area contributed by atoms with Gasteiger partial charge in [-0.3, -0.25) is 0 Å². The Balaban J connectivity index is 2.31. The van der Waals surface area contributed by atoms with E-state index in [0.29, 0.717) is 5.41 Å². The first kappa shape index (κ1) is 12.0. The molecule has 0 heterocycles. The Bertz CT molecular complexity index is 342. The molecule has 0 atom stereocenters. The quantitative estimate of drug-likeness (QED) is 0.752. The SMILES string of the molecule is COc1cccc(C2(CBr)CCCCC2)c1. The van der Waals surface area contributed by atoms with Gasteiger partial charge >= 0.3 is 0 Å². The topological polar surface area (TPSA) is 9.23 Å². The fourth-order valence-corrected chi connectivity index (χ4v) is 3.57. The van der Waals surface area contributed by atoms with Gasteiger partial charge in [0.2, 0.25) is 0 Å². The van der Waals surface area contributed by atoms with Crippen LogP contribution < -0.4 is 4.74 Å². The summed E-state index contributed by atoms with van der Waals surface area (Å²) in [7, 11) is 1.74. The molecule has 16 heavy (non-hydrogen) atoms. The molecule has 1 aromatic carbocycles.